The van der Waals surface area contributed by atoms with Crippen molar-refractivity contribution in [1.29, 1.82) is 0 Å². The molecule has 3 rings (SSSR count). The smallest absolute Gasteiger partial charge is 0.149 e. The number of phenols is 1. The van der Waals surface area contributed by atoms with E-state index in [9.17, 15) is 5.11 Å². The number of hydrogen-bond acceptors (Lipinski definition) is 3. The lowest BCUT2D eigenvalue weighted by molar-refractivity contribution is 0.415. The molecule has 0 unspecified atom stereocenters. The Morgan fingerprint density at radius 3 is 2.55 bits per heavy atom. The molecule has 0 aliphatic heterocycles. The highest BCUT2D eigenvalue weighted by atomic mass is 16.5. The van der Waals surface area contributed by atoms with E-state index in [0.717, 1.165) is 27.8 Å². The summed E-state index contributed by atoms with van der Waals surface area (Å²) in [6.45, 7) is 2.02. The summed E-state index contributed by atoms with van der Waals surface area (Å²) in [5.74, 6) is 1.01. The summed E-state index contributed by atoms with van der Waals surface area (Å²) in [7, 11) is 1.64. The van der Waals surface area contributed by atoms with Crippen LogP contribution in [0.2, 0.25) is 0 Å². The maximum Gasteiger partial charge on any atom is 0.149 e. The van der Waals surface area contributed by atoms with Crippen LogP contribution in [0.3, 0.4) is 0 Å². The molecular weight excluding hydrogens is 250 g/mol. The van der Waals surface area contributed by atoms with Crippen molar-refractivity contribution in [1.82, 2.24) is 4.98 Å². The summed E-state index contributed by atoms with van der Waals surface area (Å²) in [6, 6.07) is 13.5. The second kappa shape index (κ2) is 4.85. The lowest BCUT2D eigenvalue weighted by atomic mass is 9.98. The Kier molecular flexibility index (Phi) is 3.03. The van der Waals surface area contributed by atoms with Crippen LogP contribution in [0, 0.1) is 6.92 Å². The Morgan fingerprint density at radius 1 is 1.10 bits per heavy atom. The Morgan fingerprint density at radius 2 is 1.85 bits per heavy atom. The zero-order valence-electron chi connectivity index (χ0n) is 11.4. The van der Waals surface area contributed by atoms with Gasteiger partial charge < -0.3 is 9.84 Å². The molecule has 0 amide bonds. The SMILES string of the molecule is COc1ccc(-c2cc(C)c3cccnc3c2O)cc1. The molecule has 1 N–H and O–H groups in total. The van der Waals surface area contributed by atoms with Gasteiger partial charge in [0, 0.05) is 17.1 Å². The van der Waals surface area contributed by atoms with E-state index in [0.29, 0.717) is 5.52 Å². The number of aryl methyl sites for hydroxylation is 1. The summed E-state index contributed by atoms with van der Waals surface area (Å²) in [5.41, 5.74) is 3.46. The lowest BCUT2D eigenvalue weighted by Gasteiger charge is -2.10. The number of ether oxygens (including phenoxy) is 1. The third-order valence-corrected chi connectivity index (χ3v) is 3.47. The summed E-state index contributed by atoms with van der Waals surface area (Å²) >= 11 is 0. The molecular formula is C17H15NO2. The second-order valence-electron chi connectivity index (χ2n) is 4.72. The average molecular weight is 265 g/mol. The van der Waals surface area contributed by atoms with Crippen molar-refractivity contribution in [2.75, 3.05) is 7.11 Å². The first-order valence-corrected chi connectivity index (χ1v) is 6.42. The molecule has 1 aromatic heterocycles. The molecule has 0 bridgehead atoms. The van der Waals surface area contributed by atoms with Gasteiger partial charge in [-0.05, 0) is 42.3 Å². The fourth-order valence-corrected chi connectivity index (χ4v) is 2.39. The molecule has 3 nitrogen and oxygen atoms in total. The van der Waals surface area contributed by atoms with Gasteiger partial charge in [-0.3, -0.25) is 4.98 Å². The lowest BCUT2D eigenvalue weighted by Crippen LogP contribution is -1.88. The number of methoxy groups -OCH3 is 1. The average Bonchev–Trinajstić information content (AvgIpc) is 2.51. The van der Waals surface area contributed by atoms with Gasteiger partial charge in [0.25, 0.3) is 0 Å². The van der Waals surface area contributed by atoms with Crippen LogP contribution in [0.4, 0.5) is 0 Å². The molecule has 100 valence electrons. The number of phenolic OH excluding ortho intramolecular Hbond substituents is 1. The van der Waals surface area contributed by atoms with Gasteiger partial charge in [-0.2, -0.15) is 0 Å². The number of hydrogen-bond donors (Lipinski definition) is 1. The van der Waals surface area contributed by atoms with Crippen molar-refractivity contribution in [3.63, 3.8) is 0 Å². The van der Waals surface area contributed by atoms with Crippen LogP contribution in [0.15, 0.2) is 48.7 Å². The van der Waals surface area contributed by atoms with Crippen molar-refractivity contribution in [3.8, 4) is 22.6 Å². The number of fused-ring (bicyclic) bond motifs is 1. The molecule has 0 saturated carbocycles. The van der Waals surface area contributed by atoms with Crippen molar-refractivity contribution < 1.29 is 9.84 Å². The maximum atomic E-state index is 10.5. The molecule has 0 fully saturated rings. The van der Waals surface area contributed by atoms with Crippen molar-refractivity contribution in [3.05, 3.63) is 54.2 Å². The Bertz CT molecular complexity index is 764. The normalized spacial score (nSPS) is 10.7. The van der Waals surface area contributed by atoms with Gasteiger partial charge in [0.05, 0.1) is 7.11 Å². The molecule has 3 heteroatoms. The summed E-state index contributed by atoms with van der Waals surface area (Å²) in [4.78, 5) is 4.29. The van der Waals surface area contributed by atoms with Crippen LogP contribution in [0.25, 0.3) is 22.0 Å². The number of aromatic nitrogens is 1. The minimum absolute atomic E-state index is 0.219. The highest BCUT2D eigenvalue weighted by molar-refractivity contribution is 5.94. The van der Waals surface area contributed by atoms with Gasteiger partial charge in [0.1, 0.15) is 17.0 Å². The highest BCUT2D eigenvalue weighted by Gasteiger charge is 2.11. The van der Waals surface area contributed by atoms with Gasteiger partial charge in [0.2, 0.25) is 0 Å². The fraction of sp³-hybridized carbons (Fsp3) is 0.118. The summed E-state index contributed by atoms with van der Waals surface area (Å²) < 4.78 is 5.15. The van der Waals surface area contributed by atoms with Crippen LogP contribution in [0.1, 0.15) is 5.56 Å². The minimum Gasteiger partial charge on any atom is -0.505 e. The first-order valence-electron chi connectivity index (χ1n) is 6.42. The number of rotatable bonds is 2. The zero-order valence-corrected chi connectivity index (χ0v) is 11.4. The third kappa shape index (κ3) is 1.97. The van der Waals surface area contributed by atoms with E-state index < -0.39 is 0 Å². The standard InChI is InChI=1S/C17H15NO2/c1-11-10-15(12-5-7-13(20-2)8-6-12)17(19)16-14(11)4-3-9-18-16/h3-10,19H,1-2H3. The van der Waals surface area contributed by atoms with Gasteiger partial charge in [-0.25, -0.2) is 0 Å². The molecule has 0 atom stereocenters. The maximum absolute atomic E-state index is 10.5. The largest absolute Gasteiger partial charge is 0.505 e. The molecule has 0 saturated heterocycles. The molecule has 0 spiro atoms. The van der Waals surface area contributed by atoms with Crippen molar-refractivity contribution in [2.45, 2.75) is 6.92 Å². The summed E-state index contributed by atoms with van der Waals surface area (Å²) in [5, 5.41) is 11.4. The zero-order chi connectivity index (χ0) is 14.1. The predicted molar refractivity (Wildman–Crippen MR) is 80.1 cm³/mol. The number of pyridine rings is 1. The Balaban J connectivity index is 2.22. The van der Waals surface area contributed by atoms with E-state index in [1.807, 2.05) is 49.4 Å². The van der Waals surface area contributed by atoms with E-state index in [1.54, 1.807) is 13.3 Å². The third-order valence-electron chi connectivity index (χ3n) is 3.47. The number of nitrogens with zero attached hydrogens (tertiary/aromatic N) is 1. The van der Waals surface area contributed by atoms with E-state index in [1.165, 1.54) is 0 Å². The Hall–Kier alpha value is -2.55. The van der Waals surface area contributed by atoms with Crippen LogP contribution in [0.5, 0.6) is 11.5 Å². The van der Waals surface area contributed by atoms with Crippen LogP contribution in [-0.2, 0) is 0 Å². The molecule has 2 aromatic carbocycles. The van der Waals surface area contributed by atoms with E-state index in [4.69, 9.17) is 4.74 Å². The second-order valence-corrected chi connectivity index (χ2v) is 4.72. The van der Waals surface area contributed by atoms with Crippen molar-refractivity contribution in [2.24, 2.45) is 0 Å². The van der Waals surface area contributed by atoms with Gasteiger partial charge in [-0.1, -0.05) is 18.2 Å². The van der Waals surface area contributed by atoms with Gasteiger partial charge >= 0.3 is 0 Å². The number of benzene rings is 2. The topological polar surface area (TPSA) is 42.4 Å². The molecule has 20 heavy (non-hydrogen) atoms. The van der Waals surface area contributed by atoms with Crippen LogP contribution in [-0.4, -0.2) is 17.2 Å². The summed E-state index contributed by atoms with van der Waals surface area (Å²) in [6.07, 6.45) is 1.69. The monoisotopic (exact) mass is 265 g/mol. The molecule has 0 aliphatic rings. The molecule has 3 aromatic rings. The predicted octanol–water partition coefficient (Wildman–Crippen LogP) is 3.92. The van der Waals surface area contributed by atoms with Gasteiger partial charge in [-0.15, -0.1) is 0 Å². The van der Waals surface area contributed by atoms with Crippen LogP contribution < -0.4 is 4.74 Å². The molecule has 0 aliphatic carbocycles. The van der Waals surface area contributed by atoms with Crippen LogP contribution >= 0.6 is 0 Å². The highest BCUT2D eigenvalue weighted by Crippen LogP contribution is 2.37. The Labute approximate surface area is 117 Å². The van der Waals surface area contributed by atoms with E-state index >= 15 is 0 Å². The fourth-order valence-electron chi connectivity index (χ4n) is 2.39. The van der Waals surface area contributed by atoms with E-state index in [2.05, 4.69) is 4.98 Å². The minimum atomic E-state index is 0.219. The van der Waals surface area contributed by atoms with E-state index in [-0.39, 0.29) is 5.75 Å². The first-order chi connectivity index (χ1) is 9.70. The number of aromatic hydroxyl groups is 1. The molecule has 1 heterocycles. The van der Waals surface area contributed by atoms with Gasteiger partial charge in [0.15, 0.2) is 0 Å². The first kappa shape index (κ1) is 12.5. The molecule has 0 radical (unpaired) electrons. The quantitative estimate of drug-likeness (QED) is 0.763. The van der Waals surface area contributed by atoms with Crippen molar-refractivity contribution >= 4 is 10.9 Å².